The van der Waals surface area contributed by atoms with Crippen molar-refractivity contribution < 1.29 is 9.53 Å². The first-order valence-electron chi connectivity index (χ1n) is 9.40. The average Bonchev–Trinajstić information content (AvgIpc) is 2.61. The van der Waals surface area contributed by atoms with Gasteiger partial charge < -0.3 is 15.0 Å². The topological polar surface area (TPSA) is 67.3 Å². The number of amides is 1. The van der Waals surface area contributed by atoms with Gasteiger partial charge in [0.1, 0.15) is 5.75 Å². The molecule has 1 N–H and O–H groups in total. The molecule has 3 rings (SSSR count). The summed E-state index contributed by atoms with van der Waals surface area (Å²) in [7, 11) is 0. The molecule has 1 saturated heterocycles. The van der Waals surface area contributed by atoms with Crippen molar-refractivity contribution in [1.82, 2.24) is 15.3 Å². The molecule has 0 bridgehead atoms. The van der Waals surface area contributed by atoms with Crippen molar-refractivity contribution in [3.63, 3.8) is 0 Å². The van der Waals surface area contributed by atoms with E-state index in [1.807, 2.05) is 36.9 Å². The lowest BCUT2D eigenvalue weighted by Crippen LogP contribution is -2.48. The number of hydrogen-bond acceptors (Lipinski definition) is 5. The van der Waals surface area contributed by atoms with Gasteiger partial charge in [-0.3, -0.25) is 4.79 Å². The molecule has 6 heteroatoms. The summed E-state index contributed by atoms with van der Waals surface area (Å²) < 4.78 is 6.01. The Labute approximate surface area is 161 Å². The van der Waals surface area contributed by atoms with E-state index in [0.29, 0.717) is 19.0 Å². The van der Waals surface area contributed by atoms with E-state index < -0.39 is 0 Å². The summed E-state index contributed by atoms with van der Waals surface area (Å²) in [4.78, 5) is 22.6. The molecule has 0 unspecified atom stereocenters. The minimum Gasteiger partial charge on any atom is -0.491 e. The number of anilines is 1. The molecule has 2 heterocycles. The minimum atomic E-state index is -0.0545. The van der Waals surface area contributed by atoms with Crippen LogP contribution in [0.4, 0.5) is 5.95 Å². The predicted molar refractivity (Wildman–Crippen MR) is 107 cm³/mol. The van der Waals surface area contributed by atoms with Gasteiger partial charge in [0, 0.05) is 30.4 Å². The average molecular weight is 368 g/mol. The van der Waals surface area contributed by atoms with Crippen LogP contribution in [0.3, 0.4) is 0 Å². The van der Waals surface area contributed by atoms with Crippen LogP contribution in [0.1, 0.15) is 40.2 Å². The van der Waals surface area contributed by atoms with Crippen LogP contribution in [-0.4, -0.2) is 41.6 Å². The molecule has 144 valence electrons. The van der Waals surface area contributed by atoms with Crippen molar-refractivity contribution in [2.24, 2.45) is 0 Å². The quantitative estimate of drug-likeness (QED) is 0.898. The number of carbonyl (C=O) groups excluding carboxylic acids is 1. The SMILES string of the molecule is CC(C)Oc1ccc(-c2ccnc(N3CCNC(=O)C3)n2)cc1C(C)(C)C. The van der Waals surface area contributed by atoms with Gasteiger partial charge in [-0.15, -0.1) is 0 Å². The van der Waals surface area contributed by atoms with Gasteiger partial charge in [-0.05, 0) is 43.5 Å². The Hall–Kier alpha value is -2.63. The van der Waals surface area contributed by atoms with Crippen LogP contribution in [-0.2, 0) is 10.2 Å². The van der Waals surface area contributed by atoms with Gasteiger partial charge in [-0.1, -0.05) is 20.8 Å². The highest BCUT2D eigenvalue weighted by Gasteiger charge is 2.22. The molecule has 1 aromatic heterocycles. The van der Waals surface area contributed by atoms with E-state index in [2.05, 4.69) is 37.1 Å². The molecule has 1 aromatic carbocycles. The molecule has 6 nitrogen and oxygen atoms in total. The molecule has 27 heavy (non-hydrogen) atoms. The molecule has 0 spiro atoms. The zero-order valence-corrected chi connectivity index (χ0v) is 16.7. The monoisotopic (exact) mass is 368 g/mol. The second-order valence-electron chi connectivity index (χ2n) is 8.14. The van der Waals surface area contributed by atoms with Gasteiger partial charge in [0.15, 0.2) is 0 Å². The van der Waals surface area contributed by atoms with Crippen LogP contribution in [0.15, 0.2) is 30.5 Å². The second kappa shape index (κ2) is 7.55. The van der Waals surface area contributed by atoms with E-state index in [0.717, 1.165) is 22.6 Å². The lowest BCUT2D eigenvalue weighted by atomic mass is 9.85. The van der Waals surface area contributed by atoms with Crippen LogP contribution in [0.2, 0.25) is 0 Å². The van der Waals surface area contributed by atoms with Gasteiger partial charge in [0.25, 0.3) is 0 Å². The Bertz CT molecular complexity index is 827. The second-order valence-corrected chi connectivity index (χ2v) is 8.14. The number of nitrogens with zero attached hydrogens (tertiary/aromatic N) is 3. The van der Waals surface area contributed by atoms with Crippen molar-refractivity contribution >= 4 is 11.9 Å². The Balaban J connectivity index is 1.96. The molecule has 1 fully saturated rings. The Morgan fingerprint density at radius 3 is 2.67 bits per heavy atom. The van der Waals surface area contributed by atoms with Crippen molar-refractivity contribution in [3.05, 3.63) is 36.0 Å². The molecule has 2 aromatic rings. The van der Waals surface area contributed by atoms with E-state index in [1.165, 1.54) is 0 Å². The third kappa shape index (κ3) is 4.56. The normalized spacial score (nSPS) is 15.0. The molecule has 0 saturated carbocycles. The predicted octanol–water partition coefficient (Wildman–Crippen LogP) is 3.16. The maximum atomic E-state index is 11.7. The lowest BCUT2D eigenvalue weighted by molar-refractivity contribution is -0.120. The summed E-state index contributed by atoms with van der Waals surface area (Å²) in [5, 5.41) is 2.82. The van der Waals surface area contributed by atoms with Gasteiger partial charge in [-0.25, -0.2) is 9.97 Å². The zero-order valence-electron chi connectivity index (χ0n) is 16.7. The molecule has 1 aliphatic rings. The Kier molecular flexibility index (Phi) is 5.35. The standard InChI is InChI=1S/C21H28N4O2/c1-14(2)27-18-7-6-15(12-16(18)21(3,4)5)17-8-9-23-20(24-17)25-11-10-22-19(26)13-25/h6-9,12,14H,10-11,13H2,1-5H3,(H,22,26). The Morgan fingerprint density at radius 1 is 1.22 bits per heavy atom. The largest absolute Gasteiger partial charge is 0.491 e. The molecular formula is C21H28N4O2. The van der Waals surface area contributed by atoms with Crippen LogP contribution in [0, 0.1) is 0 Å². The fourth-order valence-corrected chi connectivity index (χ4v) is 3.10. The van der Waals surface area contributed by atoms with Crippen molar-refractivity contribution in [3.8, 4) is 17.0 Å². The third-order valence-corrected chi connectivity index (χ3v) is 4.41. The summed E-state index contributed by atoms with van der Waals surface area (Å²) in [5.41, 5.74) is 2.95. The number of aromatic nitrogens is 2. The molecule has 1 aliphatic heterocycles. The van der Waals surface area contributed by atoms with E-state index in [-0.39, 0.29) is 24.0 Å². The number of nitrogens with one attached hydrogen (secondary N) is 1. The third-order valence-electron chi connectivity index (χ3n) is 4.41. The van der Waals surface area contributed by atoms with Crippen LogP contribution < -0.4 is 15.0 Å². The molecule has 0 atom stereocenters. The van der Waals surface area contributed by atoms with E-state index in [1.54, 1.807) is 6.20 Å². The maximum absolute atomic E-state index is 11.7. The Morgan fingerprint density at radius 2 is 2.00 bits per heavy atom. The van der Waals surface area contributed by atoms with E-state index >= 15 is 0 Å². The fourth-order valence-electron chi connectivity index (χ4n) is 3.10. The number of carbonyl (C=O) groups is 1. The highest BCUT2D eigenvalue weighted by atomic mass is 16.5. The zero-order chi connectivity index (χ0) is 19.6. The van der Waals surface area contributed by atoms with Crippen molar-refractivity contribution in [2.75, 3.05) is 24.5 Å². The summed E-state index contributed by atoms with van der Waals surface area (Å²) in [6, 6.07) is 8.10. The molecule has 0 radical (unpaired) electrons. The number of rotatable bonds is 4. The van der Waals surface area contributed by atoms with E-state index in [9.17, 15) is 4.79 Å². The highest BCUT2D eigenvalue weighted by Crippen LogP contribution is 2.35. The van der Waals surface area contributed by atoms with Gasteiger partial charge >= 0.3 is 0 Å². The first kappa shape index (κ1) is 19.1. The summed E-state index contributed by atoms with van der Waals surface area (Å²) >= 11 is 0. The number of hydrogen-bond donors (Lipinski definition) is 1. The highest BCUT2D eigenvalue weighted by molar-refractivity contribution is 5.82. The van der Waals surface area contributed by atoms with Crippen LogP contribution in [0.25, 0.3) is 11.3 Å². The van der Waals surface area contributed by atoms with Gasteiger partial charge in [0.2, 0.25) is 11.9 Å². The molecular weight excluding hydrogens is 340 g/mol. The summed E-state index contributed by atoms with van der Waals surface area (Å²) in [6.07, 6.45) is 1.87. The van der Waals surface area contributed by atoms with Crippen LogP contribution in [0.5, 0.6) is 5.75 Å². The van der Waals surface area contributed by atoms with Crippen LogP contribution >= 0.6 is 0 Å². The van der Waals surface area contributed by atoms with E-state index in [4.69, 9.17) is 9.72 Å². The number of ether oxygens (including phenoxy) is 1. The van der Waals surface area contributed by atoms with Crippen molar-refractivity contribution in [2.45, 2.75) is 46.1 Å². The number of benzene rings is 1. The maximum Gasteiger partial charge on any atom is 0.239 e. The fraction of sp³-hybridized carbons (Fsp3) is 0.476. The first-order valence-corrected chi connectivity index (χ1v) is 9.40. The smallest absolute Gasteiger partial charge is 0.239 e. The molecule has 1 amide bonds. The first-order chi connectivity index (χ1) is 12.7. The number of piperazine rings is 1. The van der Waals surface area contributed by atoms with Crippen molar-refractivity contribution in [1.29, 1.82) is 0 Å². The minimum absolute atomic E-state index is 0.000425. The summed E-state index contributed by atoms with van der Waals surface area (Å²) in [5.74, 6) is 1.49. The molecule has 0 aliphatic carbocycles. The van der Waals surface area contributed by atoms with Gasteiger partial charge in [0.05, 0.1) is 18.3 Å². The lowest BCUT2D eigenvalue weighted by Gasteiger charge is -2.27. The van der Waals surface area contributed by atoms with Gasteiger partial charge in [-0.2, -0.15) is 0 Å². The summed E-state index contributed by atoms with van der Waals surface area (Å²) in [6.45, 7) is 12.2.